The molecule has 1 aromatic rings. The van der Waals surface area contributed by atoms with Crippen molar-refractivity contribution in [3.05, 3.63) is 29.3 Å². The molecule has 0 bridgehead atoms. The van der Waals surface area contributed by atoms with Gasteiger partial charge < -0.3 is 10.2 Å². The van der Waals surface area contributed by atoms with Crippen LogP contribution in [0.25, 0.3) is 0 Å². The summed E-state index contributed by atoms with van der Waals surface area (Å²) < 4.78 is 26.7. The minimum atomic E-state index is -3.70. The summed E-state index contributed by atoms with van der Waals surface area (Å²) in [5.74, 6) is 5.17. The highest BCUT2D eigenvalue weighted by Gasteiger charge is 2.39. The molecule has 0 amide bonds. The van der Waals surface area contributed by atoms with Crippen LogP contribution in [0, 0.1) is 18.8 Å². The van der Waals surface area contributed by atoms with Crippen LogP contribution in [0.5, 0.6) is 0 Å². The molecule has 0 saturated carbocycles. The van der Waals surface area contributed by atoms with E-state index >= 15 is 0 Å². The Morgan fingerprint density at radius 1 is 1.43 bits per heavy atom. The van der Waals surface area contributed by atoms with Gasteiger partial charge in [-0.2, -0.15) is 4.31 Å². The fraction of sp³-hybridized carbons (Fsp3) is 0.467. The average molecular weight is 309 g/mol. The minimum absolute atomic E-state index is 0.0794. The zero-order chi connectivity index (χ0) is 15.7. The van der Waals surface area contributed by atoms with Gasteiger partial charge in [0.05, 0.1) is 10.5 Å². The van der Waals surface area contributed by atoms with E-state index in [1.165, 1.54) is 10.4 Å². The third-order valence-electron chi connectivity index (χ3n) is 3.47. The van der Waals surface area contributed by atoms with E-state index < -0.39 is 15.6 Å². The predicted octanol–water partition coefficient (Wildman–Crippen LogP) is 0.484. The molecule has 0 aliphatic carbocycles. The summed E-state index contributed by atoms with van der Waals surface area (Å²) in [7, 11) is -3.70. The molecule has 6 heteroatoms. The Kier molecular flexibility index (Phi) is 4.40. The normalized spacial score (nSPS) is 22.9. The molecule has 114 valence electrons. The maximum atomic E-state index is 12.7. The maximum Gasteiger partial charge on any atom is 0.244 e. The first-order valence-corrected chi connectivity index (χ1v) is 8.13. The van der Waals surface area contributed by atoms with E-state index in [-0.39, 0.29) is 24.6 Å². The fourth-order valence-electron chi connectivity index (χ4n) is 2.35. The van der Waals surface area contributed by atoms with Gasteiger partial charge >= 0.3 is 0 Å². The highest BCUT2D eigenvalue weighted by atomic mass is 32.2. The van der Waals surface area contributed by atoms with Gasteiger partial charge in [-0.3, -0.25) is 0 Å². The van der Waals surface area contributed by atoms with E-state index in [0.29, 0.717) is 12.0 Å². The van der Waals surface area contributed by atoms with Crippen LogP contribution in [0.2, 0.25) is 0 Å². The molecule has 1 heterocycles. The first-order chi connectivity index (χ1) is 9.76. The number of hydrogen-bond donors (Lipinski definition) is 2. The standard InChI is InChI=1S/C15H19NO4S/c1-12-5-6-14(13(10-12)4-3-9-17)21(19,20)16-8-7-15(2,18)11-16/h5-6,10,17-18H,7-9,11H2,1-2H3. The number of benzene rings is 1. The Bertz CT molecular complexity index is 698. The monoisotopic (exact) mass is 309 g/mol. The summed E-state index contributed by atoms with van der Waals surface area (Å²) in [6, 6.07) is 4.92. The maximum absolute atomic E-state index is 12.7. The molecule has 21 heavy (non-hydrogen) atoms. The average Bonchev–Trinajstić information content (AvgIpc) is 2.77. The highest BCUT2D eigenvalue weighted by molar-refractivity contribution is 7.89. The van der Waals surface area contributed by atoms with Crippen molar-refractivity contribution in [1.82, 2.24) is 4.31 Å². The van der Waals surface area contributed by atoms with Gasteiger partial charge in [-0.25, -0.2) is 8.42 Å². The molecule has 2 N–H and O–H groups in total. The Balaban J connectivity index is 2.45. The van der Waals surface area contributed by atoms with Gasteiger partial charge in [-0.05, 0) is 38.0 Å². The number of hydrogen-bond acceptors (Lipinski definition) is 4. The summed E-state index contributed by atoms with van der Waals surface area (Å²) in [6.45, 7) is 3.52. The van der Waals surface area contributed by atoms with Crippen LogP contribution in [0.3, 0.4) is 0 Å². The number of aryl methyl sites for hydroxylation is 1. The van der Waals surface area contributed by atoms with E-state index in [0.717, 1.165) is 5.56 Å². The number of aliphatic hydroxyl groups excluding tert-OH is 1. The molecule has 1 aromatic carbocycles. The topological polar surface area (TPSA) is 77.8 Å². The lowest BCUT2D eigenvalue weighted by molar-refractivity contribution is 0.0762. The summed E-state index contributed by atoms with van der Waals surface area (Å²) in [6.07, 6.45) is 0.412. The van der Waals surface area contributed by atoms with Crippen molar-refractivity contribution in [2.75, 3.05) is 19.7 Å². The van der Waals surface area contributed by atoms with Crippen molar-refractivity contribution in [2.45, 2.75) is 30.8 Å². The van der Waals surface area contributed by atoms with Gasteiger partial charge in [0.15, 0.2) is 0 Å². The molecule has 1 unspecified atom stereocenters. The van der Waals surface area contributed by atoms with Crippen LogP contribution in [-0.2, 0) is 10.0 Å². The van der Waals surface area contributed by atoms with Gasteiger partial charge in [0.25, 0.3) is 0 Å². The van der Waals surface area contributed by atoms with E-state index in [4.69, 9.17) is 5.11 Å². The summed E-state index contributed by atoms with van der Waals surface area (Å²) >= 11 is 0. The molecule has 0 radical (unpaired) electrons. The Morgan fingerprint density at radius 2 is 2.14 bits per heavy atom. The largest absolute Gasteiger partial charge is 0.389 e. The van der Waals surface area contributed by atoms with E-state index in [1.54, 1.807) is 19.1 Å². The van der Waals surface area contributed by atoms with Crippen LogP contribution in [0.15, 0.2) is 23.1 Å². The zero-order valence-electron chi connectivity index (χ0n) is 12.1. The van der Waals surface area contributed by atoms with Gasteiger partial charge in [0.2, 0.25) is 10.0 Å². The lowest BCUT2D eigenvalue weighted by Crippen LogP contribution is -2.34. The van der Waals surface area contributed by atoms with Crippen LogP contribution in [0.1, 0.15) is 24.5 Å². The molecule has 5 nitrogen and oxygen atoms in total. The summed E-state index contributed by atoms with van der Waals surface area (Å²) in [5.41, 5.74) is 0.273. The number of β-amino-alcohol motifs (C(OH)–C–C–N with tert-alkyl or cyclic N) is 1. The van der Waals surface area contributed by atoms with Gasteiger partial charge in [-0.15, -0.1) is 0 Å². The lowest BCUT2D eigenvalue weighted by atomic mass is 10.1. The number of sulfonamides is 1. The first kappa shape index (κ1) is 16.0. The van der Waals surface area contributed by atoms with Crippen molar-refractivity contribution in [3.63, 3.8) is 0 Å². The van der Waals surface area contributed by atoms with Crippen LogP contribution in [0.4, 0.5) is 0 Å². The Morgan fingerprint density at radius 3 is 2.71 bits per heavy atom. The predicted molar refractivity (Wildman–Crippen MR) is 79.1 cm³/mol. The molecular weight excluding hydrogens is 290 g/mol. The first-order valence-electron chi connectivity index (χ1n) is 6.69. The van der Waals surface area contributed by atoms with Crippen molar-refractivity contribution < 1.29 is 18.6 Å². The summed E-state index contributed by atoms with van der Waals surface area (Å²) in [4.78, 5) is 0.117. The number of aliphatic hydroxyl groups is 2. The molecule has 0 aromatic heterocycles. The highest BCUT2D eigenvalue weighted by Crippen LogP contribution is 2.28. The van der Waals surface area contributed by atoms with Crippen molar-refractivity contribution in [2.24, 2.45) is 0 Å². The number of nitrogens with zero attached hydrogens (tertiary/aromatic N) is 1. The molecule has 1 aliphatic heterocycles. The van der Waals surface area contributed by atoms with Crippen molar-refractivity contribution in [1.29, 1.82) is 0 Å². The number of rotatable bonds is 2. The van der Waals surface area contributed by atoms with E-state index in [1.807, 2.05) is 6.92 Å². The van der Waals surface area contributed by atoms with Crippen LogP contribution < -0.4 is 0 Å². The van der Waals surface area contributed by atoms with Crippen LogP contribution >= 0.6 is 0 Å². The fourth-order valence-corrected chi connectivity index (χ4v) is 4.03. The lowest BCUT2D eigenvalue weighted by Gasteiger charge is -2.19. The Hall–Kier alpha value is -1.39. The molecule has 2 rings (SSSR count). The van der Waals surface area contributed by atoms with Gasteiger partial charge in [0.1, 0.15) is 6.61 Å². The van der Waals surface area contributed by atoms with E-state index in [9.17, 15) is 13.5 Å². The molecule has 1 saturated heterocycles. The van der Waals surface area contributed by atoms with Crippen molar-refractivity contribution >= 4 is 10.0 Å². The van der Waals surface area contributed by atoms with E-state index in [2.05, 4.69) is 11.8 Å². The summed E-state index contributed by atoms with van der Waals surface area (Å²) in [5, 5.41) is 18.8. The van der Waals surface area contributed by atoms with Crippen molar-refractivity contribution in [3.8, 4) is 11.8 Å². The molecule has 1 aliphatic rings. The van der Waals surface area contributed by atoms with Gasteiger partial charge in [0, 0.05) is 18.7 Å². The van der Waals surface area contributed by atoms with Gasteiger partial charge in [-0.1, -0.05) is 17.9 Å². The van der Waals surface area contributed by atoms with Crippen LogP contribution in [-0.4, -0.2) is 48.2 Å². The quantitative estimate of drug-likeness (QED) is 0.779. The molecule has 1 fully saturated rings. The Labute approximate surface area is 125 Å². The second kappa shape index (κ2) is 5.78. The zero-order valence-corrected chi connectivity index (χ0v) is 12.9. The second-order valence-electron chi connectivity index (χ2n) is 5.55. The third kappa shape index (κ3) is 3.44. The molecular formula is C15H19NO4S. The smallest absolute Gasteiger partial charge is 0.244 e. The minimum Gasteiger partial charge on any atom is -0.389 e. The third-order valence-corrected chi connectivity index (χ3v) is 5.38. The SMILES string of the molecule is Cc1ccc(S(=O)(=O)N2CCC(C)(O)C2)c(C#CCO)c1. The second-order valence-corrected chi connectivity index (χ2v) is 7.45. The molecule has 1 atom stereocenters. The molecule has 0 spiro atoms.